The molecule has 2 fully saturated rings. The van der Waals surface area contributed by atoms with Crippen molar-refractivity contribution in [2.45, 2.75) is 75.9 Å². The molecular weight excluding hydrogens is 887 g/mol. The maximum Gasteiger partial charge on any atom is 0.416 e. The molecule has 2 aliphatic rings. The van der Waals surface area contributed by atoms with E-state index in [4.69, 9.17) is 32.4 Å². The van der Waals surface area contributed by atoms with Crippen molar-refractivity contribution in [1.29, 1.82) is 0 Å². The highest BCUT2D eigenvalue weighted by molar-refractivity contribution is 6.09. The van der Waals surface area contributed by atoms with Crippen molar-refractivity contribution < 1.29 is 55.0 Å². The van der Waals surface area contributed by atoms with E-state index in [9.17, 15) is 45.5 Å². The largest absolute Gasteiger partial charge is 0.485 e. The second-order valence-electron chi connectivity index (χ2n) is 15.1. The van der Waals surface area contributed by atoms with Crippen LogP contribution in [0.2, 0.25) is 0 Å². The van der Waals surface area contributed by atoms with Gasteiger partial charge in [0.25, 0.3) is 11.8 Å². The van der Waals surface area contributed by atoms with Gasteiger partial charge in [0, 0.05) is 45.1 Å². The standard InChI is InChI=1S/C40H50F6N14O6/c41-39(42,43)21-13-25(57-31(61)5-1-3-9-53-37(47)48)33(65-23-7-11-51-18-23)27(15-21)59-35(63)29-17-30(56-20-55-29)36(64)60-28-16-22(40(44,45)46)14-26(34(28)66-24-8-12-52-19-24)58-32(62)6-2-4-10-54-38(49)50/h13-17,20,23-24,51-52H,1-12,18-19H2,(H,57,61)(H,58,62)(H,59,63)(H,60,64)(H4,47,48,53)(H4,49,50,54). The lowest BCUT2D eigenvalue weighted by atomic mass is 10.1. The summed E-state index contributed by atoms with van der Waals surface area (Å²) in [5.41, 5.74) is 15.8. The van der Waals surface area contributed by atoms with E-state index in [2.05, 4.69) is 51.9 Å². The molecule has 3 aromatic rings. The van der Waals surface area contributed by atoms with Crippen molar-refractivity contribution in [3.05, 3.63) is 59.2 Å². The Kier molecular flexibility index (Phi) is 17.3. The van der Waals surface area contributed by atoms with Gasteiger partial charge in [0.15, 0.2) is 23.4 Å². The first kappa shape index (κ1) is 50.0. The van der Waals surface area contributed by atoms with Crippen molar-refractivity contribution in [2.75, 3.05) is 60.5 Å². The molecule has 0 spiro atoms. The maximum atomic E-state index is 14.3. The molecule has 5 rings (SSSR count). The number of nitrogens with zero attached hydrogens (tertiary/aromatic N) is 4. The summed E-state index contributed by atoms with van der Waals surface area (Å²) in [4.78, 5) is 68.9. The second-order valence-corrected chi connectivity index (χ2v) is 15.1. The van der Waals surface area contributed by atoms with E-state index in [1.165, 1.54) is 0 Å². The monoisotopic (exact) mass is 936 g/mol. The van der Waals surface area contributed by atoms with Crippen molar-refractivity contribution in [3.63, 3.8) is 0 Å². The van der Waals surface area contributed by atoms with Gasteiger partial charge in [-0.2, -0.15) is 26.3 Å². The van der Waals surface area contributed by atoms with Gasteiger partial charge < -0.3 is 64.3 Å². The number of anilines is 4. The number of carbonyl (C=O) groups excluding carboxylic acids is 4. The highest BCUT2D eigenvalue weighted by Gasteiger charge is 2.36. The van der Waals surface area contributed by atoms with Crippen LogP contribution in [0.4, 0.5) is 49.1 Å². The third kappa shape index (κ3) is 15.1. The van der Waals surface area contributed by atoms with Gasteiger partial charge in [-0.05, 0) is 75.9 Å². The molecule has 2 saturated heterocycles. The number of unbranched alkanes of at least 4 members (excludes halogenated alkanes) is 2. The third-order valence-corrected chi connectivity index (χ3v) is 9.82. The number of aliphatic imine (C=N–C) groups is 2. The van der Waals surface area contributed by atoms with E-state index in [1.807, 2.05) is 0 Å². The molecule has 26 heteroatoms. The number of rotatable bonds is 20. The summed E-state index contributed by atoms with van der Waals surface area (Å²) in [5, 5.41) is 15.7. The summed E-state index contributed by atoms with van der Waals surface area (Å²) in [7, 11) is 0. The first-order valence-electron chi connectivity index (χ1n) is 20.7. The maximum absolute atomic E-state index is 14.3. The van der Waals surface area contributed by atoms with E-state index in [-0.39, 0.29) is 62.2 Å². The van der Waals surface area contributed by atoms with Crippen LogP contribution in [0.25, 0.3) is 0 Å². The Hall–Kier alpha value is -6.96. The number of hydrogen-bond acceptors (Lipinski definition) is 12. The van der Waals surface area contributed by atoms with Crippen molar-refractivity contribution in [3.8, 4) is 11.5 Å². The molecule has 14 N–H and O–H groups in total. The number of amides is 4. The molecule has 20 nitrogen and oxygen atoms in total. The smallest absolute Gasteiger partial charge is 0.416 e. The Morgan fingerprint density at radius 3 is 1.32 bits per heavy atom. The Labute approximate surface area is 373 Å². The van der Waals surface area contributed by atoms with Gasteiger partial charge in [-0.25, -0.2) is 9.97 Å². The highest BCUT2D eigenvalue weighted by Crippen LogP contribution is 2.43. The zero-order valence-electron chi connectivity index (χ0n) is 35.3. The van der Waals surface area contributed by atoms with Gasteiger partial charge in [0.1, 0.15) is 29.9 Å². The quantitative estimate of drug-likeness (QED) is 0.0337. The average molecular weight is 937 g/mol. The first-order chi connectivity index (χ1) is 31.3. The fourth-order valence-electron chi connectivity index (χ4n) is 6.62. The molecule has 2 aromatic carbocycles. The van der Waals surface area contributed by atoms with E-state index in [1.54, 1.807) is 0 Å². The number of nitrogens with two attached hydrogens (primary N) is 4. The Morgan fingerprint density at radius 2 is 0.985 bits per heavy atom. The number of benzene rings is 2. The number of guanidine groups is 2. The fourth-order valence-corrected chi connectivity index (χ4v) is 6.62. The molecular formula is C40H50F6N14O6. The molecule has 66 heavy (non-hydrogen) atoms. The average Bonchev–Trinajstić information content (AvgIpc) is 3.97. The van der Waals surface area contributed by atoms with Crippen LogP contribution in [-0.2, 0) is 21.9 Å². The lowest BCUT2D eigenvalue weighted by Gasteiger charge is -2.22. The van der Waals surface area contributed by atoms with Gasteiger partial charge >= 0.3 is 12.4 Å². The van der Waals surface area contributed by atoms with Crippen molar-refractivity contribution in [2.24, 2.45) is 32.9 Å². The minimum absolute atomic E-state index is 0.126. The van der Waals surface area contributed by atoms with Gasteiger partial charge in [0.05, 0.1) is 33.9 Å². The normalized spacial score (nSPS) is 15.9. The minimum Gasteiger partial charge on any atom is -0.485 e. The zero-order chi connectivity index (χ0) is 48.0. The van der Waals surface area contributed by atoms with Gasteiger partial charge in [-0.15, -0.1) is 0 Å². The second kappa shape index (κ2) is 22.8. The Morgan fingerprint density at radius 1 is 0.606 bits per heavy atom. The van der Waals surface area contributed by atoms with E-state index < -0.39 is 93.5 Å². The van der Waals surface area contributed by atoms with Crippen LogP contribution in [0.3, 0.4) is 0 Å². The van der Waals surface area contributed by atoms with Crippen LogP contribution in [0.15, 0.2) is 46.6 Å². The molecule has 2 aliphatic heterocycles. The number of carbonyl (C=O) groups is 4. The number of halogens is 6. The summed E-state index contributed by atoms with van der Waals surface area (Å²) in [6.07, 6.45) is -8.36. The Bertz CT molecular complexity index is 2120. The number of alkyl halides is 6. The summed E-state index contributed by atoms with van der Waals surface area (Å²) in [5.74, 6) is -4.53. The van der Waals surface area contributed by atoms with Crippen LogP contribution in [0, 0.1) is 0 Å². The summed E-state index contributed by atoms with van der Waals surface area (Å²) in [6.45, 7) is 2.05. The summed E-state index contributed by atoms with van der Waals surface area (Å²) < 4.78 is 97.9. The number of nitrogens with one attached hydrogen (secondary N) is 6. The number of ether oxygens (including phenoxy) is 2. The van der Waals surface area contributed by atoms with E-state index in [0.29, 0.717) is 76.1 Å². The Balaban J connectivity index is 1.43. The van der Waals surface area contributed by atoms with Crippen LogP contribution in [-0.4, -0.2) is 97.0 Å². The molecule has 358 valence electrons. The molecule has 4 amide bonds. The number of aromatic nitrogens is 2. The molecule has 0 aliphatic carbocycles. The highest BCUT2D eigenvalue weighted by atomic mass is 19.4. The van der Waals surface area contributed by atoms with Gasteiger partial charge in [-0.3, -0.25) is 29.2 Å². The lowest BCUT2D eigenvalue weighted by Crippen LogP contribution is -2.24. The first-order valence-corrected chi connectivity index (χ1v) is 20.7. The van der Waals surface area contributed by atoms with E-state index >= 15 is 0 Å². The zero-order valence-corrected chi connectivity index (χ0v) is 35.3. The fraction of sp³-hybridized carbons (Fsp3) is 0.450. The molecule has 0 saturated carbocycles. The molecule has 3 heterocycles. The van der Waals surface area contributed by atoms with Crippen molar-refractivity contribution in [1.82, 2.24) is 20.6 Å². The molecule has 0 radical (unpaired) electrons. The molecule has 2 atom stereocenters. The predicted octanol–water partition coefficient (Wildman–Crippen LogP) is 3.26. The molecule has 2 unspecified atom stereocenters. The molecule has 0 bridgehead atoms. The van der Waals surface area contributed by atoms with Crippen LogP contribution in [0.1, 0.15) is 83.5 Å². The molecule has 1 aromatic heterocycles. The van der Waals surface area contributed by atoms with Crippen molar-refractivity contribution >= 4 is 58.3 Å². The topological polar surface area (TPSA) is 313 Å². The SMILES string of the molecule is NC(N)=NCCCCC(=O)Nc1cc(C(F)(F)F)cc(NC(=O)c2cc(C(=O)Nc3cc(C(F)(F)F)cc(NC(=O)CCCCN=C(N)N)c3OC3CCNC3)ncn2)c1OC1CCNC1. The van der Waals surface area contributed by atoms with Crippen LogP contribution < -0.4 is 64.3 Å². The lowest BCUT2D eigenvalue weighted by molar-refractivity contribution is -0.138. The third-order valence-electron chi connectivity index (χ3n) is 9.82. The summed E-state index contributed by atoms with van der Waals surface area (Å²) >= 11 is 0. The number of hydrogen-bond donors (Lipinski definition) is 10. The van der Waals surface area contributed by atoms with Crippen LogP contribution in [0.5, 0.6) is 11.5 Å². The van der Waals surface area contributed by atoms with E-state index in [0.717, 1.165) is 12.4 Å². The minimum atomic E-state index is -4.97. The van der Waals surface area contributed by atoms with Crippen LogP contribution >= 0.6 is 0 Å². The predicted molar refractivity (Wildman–Crippen MR) is 231 cm³/mol. The van der Waals surface area contributed by atoms with Gasteiger partial charge in [-0.1, -0.05) is 0 Å². The van der Waals surface area contributed by atoms with Gasteiger partial charge in [0.2, 0.25) is 11.8 Å². The summed E-state index contributed by atoms with van der Waals surface area (Å²) in [6, 6.07) is 3.40.